The summed E-state index contributed by atoms with van der Waals surface area (Å²) in [6.45, 7) is 2.05. The summed E-state index contributed by atoms with van der Waals surface area (Å²) in [5.41, 5.74) is 6.95. The molecule has 0 fully saturated rings. The van der Waals surface area contributed by atoms with Crippen LogP contribution in [0.25, 0.3) is 0 Å². The van der Waals surface area contributed by atoms with Gasteiger partial charge in [-0.25, -0.2) is 9.37 Å². The zero-order chi connectivity index (χ0) is 14.5. The van der Waals surface area contributed by atoms with E-state index in [0.717, 1.165) is 18.4 Å². The molecule has 1 aromatic carbocycles. The fourth-order valence-corrected chi connectivity index (χ4v) is 1.87. The Balaban J connectivity index is 2.04. The molecule has 0 aliphatic rings. The van der Waals surface area contributed by atoms with Crippen molar-refractivity contribution in [2.24, 2.45) is 5.73 Å². The number of rotatable bonds is 5. The smallest absolute Gasteiger partial charge is 0.219 e. The largest absolute Gasteiger partial charge is 0.439 e. The highest BCUT2D eigenvalue weighted by atomic mass is 35.5. The van der Waals surface area contributed by atoms with Crippen LogP contribution in [0.5, 0.6) is 11.6 Å². The van der Waals surface area contributed by atoms with E-state index < -0.39 is 5.82 Å². The van der Waals surface area contributed by atoms with Gasteiger partial charge in [0.05, 0.1) is 5.02 Å². The molecule has 0 aliphatic carbocycles. The van der Waals surface area contributed by atoms with E-state index in [-0.39, 0.29) is 11.1 Å². The molecule has 0 amide bonds. The Labute approximate surface area is 122 Å². The van der Waals surface area contributed by atoms with Crippen molar-refractivity contribution in [3.05, 3.63) is 52.9 Å². The van der Waals surface area contributed by atoms with Gasteiger partial charge in [0.15, 0.2) is 0 Å². The molecule has 1 aromatic heterocycles. The molecular formula is C15H16ClFN2O. The summed E-state index contributed by atoms with van der Waals surface area (Å²) in [7, 11) is 0. The minimum Gasteiger partial charge on any atom is -0.439 e. The average molecular weight is 295 g/mol. The van der Waals surface area contributed by atoms with Crippen LogP contribution >= 0.6 is 11.6 Å². The first-order chi connectivity index (χ1) is 9.58. The lowest BCUT2D eigenvalue weighted by Gasteiger charge is -2.09. The standard InChI is InChI=1S/C15H16ClFN2O/c1-2-11(18)7-10-3-6-15(19-9-10)20-12-4-5-14(17)13(16)8-12/h3-6,8-9,11H,2,7,18H2,1H3. The Kier molecular flexibility index (Phi) is 4.93. The van der Waals surface area contributed by atoms with Crippen molar-refractivity contribution in [3.8, 4) is 11.6 Å². The Bertz CT molecular complexity index is 575. The second kappa shape index (κ2) is 6.68. The van der Waals surface area contributed by atoms with Gasteiger partial charge in [-0.2, -0.15) is 0 Å². The van der Waals surface area contributed by atoms with Crippen LogP contribution in [0.1, 0.15) is 18.9 Å². The SMILES string of the molecule is CCC(N)Cc1ccc(Oc2ccc(F)c(Cl)c2)nc1. The molecule has 2 rings (SSSR count). The second-order valence-electron chi connectivity index (χ2n) is 4.56. The molecule has 1 atom stereocenters. The lowest BCUT2D eigenvalue weighted by molar-refractivity contribution is 0.460. The molecule has 2 aromatic rings. The number of halogens is 2. The molecule has 3 nitrogen and oxygen atoms in total. The van der Waals surface area contributed by atoms with Gasteiger partial charge in [0.2, 0.25) is 5.88 Å². The van der Waals surface area contributed by atoms with E-state index in [1.54, 1.807) is 12.3 Å². The zero-order valence-corrected chi connectivity index (χ0v) is 11.9. The quantitative estimate of drug-likeness (QED) is 0.908. The van der Waals surface area contributed by atoms with E-state index in [2.05, 4.69) is 4.98 Å². The highest BCUT2D eigenvalue weighted by molar-refractivity contribution is 6.30. The third-order valence-corrected chi connectivity index (χ3v) is 3.22. The van der Waals surface area contributed by atoms with Crippen molar-refractivity contribution in [2.75, 3.05) is 0 Å². The second-order valence-corrected chi connectivity index (χ2v) is 4.96. The van der Waals surface area contributed by atoms with Gasteiger partial charge in [-0.15, -0.1) is 0 Å². The highest BCUT2D eigenvalue weighted by Gasteiger charge is 2.05. The number of pyridine rings is 1. The minimum absolute atomic E-state index is 0.0213. The molecule has 0 spiro atoms. The number of nitrogens with two attached hydrogens (primary N) is 1. The molecule has 0 radical (unpaired) electrons. The van der Waals surface area contributed by atoms with E-state index in [1.165, 1.54) is 18.2 Å². The number of nitrogens with zero attached hydrogens (tertiary/aromatic N) is 1. The molecule has 1 unspecified atom stereocenters. The Morgan fingerprint density at radius 2 is 2.15 bits per heavy atom. The van der Waals surface area contributed by atoms with Crippen LogP contribution in [0.4, 0.5) is 4.39 Å². The zero-order valence-electron chi connectivity index (χ0n) is 11.1. The summed E-state index contributed by atoms with van der Waals surface area (Å²) in [4.78, 5) is 4.20. The fourth-order valence-electron chi connectivity index (χ4n) is 1.70. The molecule has 0 aliphatic heterocycles. The molecular weight excluding hydrogens is 279 g/mol. The van der Waals surface area contributed by atoms with Crippen molar-refractivity contribution < 1.29 is 9.13 Å². The van der Waals surface area contributed by atoms with Gasteiger partial charge in [-0.05, 0) is 30.5 Å². The van der Waals surface area contributed by atoms with Gasteiger partial charge < -0.3 is 10.5 Å². The third-order valence-electron chi connectivity index (χ3n) is 2.93. The van der Waals surface area contributed by atoms with Crippen LogP contribution in [-0.2, 0) is 6.42 Å². The number of aromatic nitrogens is 1. The summed E-state index contributed by atoms with van der Waals surface area (Å²) < 4.78 is 18.5. The van der Waals surface area contributed by atoms with Crippen molar-refractivity contribution in [2.45, 2.75) is 25.8 Å². The van der Waals surface area contributed by atoms with E-state index in [4.69, 9.17) is 22.1 Å². The average Bonchev–Trinajstić information content (AvgIpc) is 2.45. The monoisotopic (exact) mass is 294 g/mol. The van der Waals surface area contributed by atoms with Crippen molar-refractivity contribution in [1.82, 2.24) is 4.98 Å². The van der Waals surface area contributed by atoms with E-state index >= 15 is 0 Å². The number of hydrogen-bond acceptors (Lipinski definition) is 3. The lowest BCUT2D eigenvalue weighted by atomic mass is 10.1. The highest BCUT2D eigenvalue weighted by Crippen LogP contribution is 2.25. The maximum Gasteiger partial charge on any atom is 0.219 e. The van der Waals surface area contributed by atoms with Crippen molar-refractivity contribution in [3.63, 3.8) is 0 Å². The first-order valence-electron chi connectivity index (χ1n) is 6.42. The maximum absolute atomic E-state index is 13.0. The number of hydrogen-bond donors (Lipinski definition) is 1. The van der Waals surface area contributed by atoms with Crippen LogP contribution in [0.15, 0.2) is 36.5 Å². The molecule has 0 saturated heterocycles. The molecule has 106 valence electrons. The first kappa shape index (κ1) is 14.8. The summed E-state index contributed by atoms with van der Waals surface area (Å²) in [5.74, 6) is 0.402. The molecule has 20 heavy (non-hydrogen) atoms. The van der Waals surface area contributed by atoms with Gasteiger partial charge in [0.1, 0.15) is 11.6 Å². The summed E-state index contributed by atoms with van der Waals surface area (Å²) in [6.07, 6.45) is 3.44. The Hall–Kier alpha value is -1.65. The van der Waals surface area contributed by atoms with Gasteiger partial charge in [-0.3, -0.25) is 0 Å². The predicted octanol–water partition coefficient (Wildman–Crippen LogP) is 3.95. The lowest BCUT2D eigenvalue weighted by Crippen LogP contribution is -2.21. The summed E-state index contributed by atoms with van der Waals surface area (Å²) in [5, 5.41) is 0.0213. The fraction of sp³-hybridized carbons (Fsp3) is 0.267. The minimum atomic E-state index is -0.476. The number of ether oxygens (including phenoxy) is 1. The van der Waals surface area contributed by atoms with Crippen molar-refractivity contribution >= 4 is 11.6 Å². The van der Waals surface area contributed by atoms with Gasteiger partial charge >= 0.3 is 0 Å². The van der Waals surface area contributed by atoms with Gasteiger partial charge in [0, 0.05) is 24.4 Å². The topological polar surface area (TPSA) is 48.1 Å². The predicted molar refractivity (Wildman–Crippen MR) is 77.7 cm³/mol. The van der Waals surface area contributed by atoms with Crippen LogP contribution in [0.2, 0.25) is 5.02 Å². The molecule has 2 N–H and O–H groups in total. The van der Waals surface area contributed by atoms with Gasteiger partial charge in [-0.1, -0.05) is 24.6 Å². The summed E-state index contributed by atoms with van der Waals surface area (Å²) in [6, 6.07) is 7.99. The summed E-state index contributed by atoms with van der Waals surface area (Å²) >= 11 is 5.69. The van der Waals surface area contributed by atoms with E-state index in [0.29, 0.717) is 11.6 Å². The van der Waals surface area contributed by atoms with Gasteiger partial charge in [0.25, 0.3) is 0 Å². The molecule has 0 saturated carbocycles. The van der Waals surface area contributed by atoms with E-state index in [9.17, 15) is 4.39 Å². The molecule has 0 bridgehead atoms. The third kappa shape index (κ3) is 3.92. The van der Waals surface area contributed by atoms with Crippen LogP contribution in [-0.4, -0.2) is 11.0 Å². The first-order valence-corrected chi connectivity index (χ1v) is 6.79. The van der Waals surface area contributed by atoms with Crippen LogP contribution < -0.4 is 10.5 Å². The number of benzene rings is 1. The normalized spacial score (nSPS) is 12.2. The molecule has 5 heteroatoms. The maximum atomic E-state index is 13.0. The Morgan fingerprint density at radius 3 is 2.75 bits per heavy atom. The van der Waals surface area contributed by atoms with Crippen molar-refractivity contribution in [1.29, 1.82) is 0 Å². The van der Waals surface area contributed by atoms with E-state index in [1.807, 2.05) is 13.0 Å². The van der Waals surface area contributed by atoms with Crippen LogP contribution in [0, 0.1) is 5.82 Å². The Morgan fingerprint density at radius 1 is 1.35 bits per heavy atom. The van der Waals surface area contributed by atoms with Crippen LogP contribution in [0.3, 0.4) is 0 Å². The molecule has 1 heterocycles.